The van der Waals surface area contributed by atoms with Crippen LogP contribution < -0.4 is 0 Å². The van der Waals surface area contributed by atoms with Gasteiger partial charge < -0.3 is 18.9 Å². The Bertz CT molecular complexity index is 1090. The average Bonchev–Trinajstić information content (AvgIpc) is 3.21. The lowest BCUT2D eigenvalue weighted by Crippen LogP contribution is -2.37. The minimum Gasteiger partial charge on any atom is -0.462 e. The topological polar surface area (TPSA) is 108 Å². The van der Waals surface area contributed by atoms with Gasteiger partial charge in [-0.15, -0.1) is 0 Å². The van der Waals surface area contributed by atoms with Crippen molar-refractivity contribution in [1.29, 1.82) is 0 Å². The predicted molar refractivity (Wildman–Crippen MR) is 257 cm³/mol. The Kier molecular flexibility index (Phi) is 42.6. The van der Waals surface area contributed by atoms with Gasteiger partial charge in [0.15, 0.2) is 6.10 Å². The number of ether oxygens (including phenoxy) is 2. The van der Waals surface area contributed by atoms with Gasteiger partial charge in [0, 0.05) is 12.8 Å². The van der Waals surface area contributed by atoms with Gasteiger partial charge >= 0.3 is 19.8 Å². The fourth-order valence-electron chi connectivity index (χ4n) is 7.22. The van der Waals surface area contributed by atoms with E-state index in [4.69, 9.17) is 18.5 Å². The highest BCUT2D eigenvalue weighted by molar-refractivity contribution is 7.47. The van der Waals surface area contributed by atoms with Gasteiger partial charge in [-0.05, 0) is 44.9 Å². The van der Waals surface area contributed by atoms with Crippen molar-refractivity contribution in [2.75, 3.05) is 47.5 Å². The number of rotatable bonds is 47. The number of carbonyl (C=O) groups is 2. The maximum absolute atomic E-state index is 12.7. The van der Waals surface area contributed by atoms with Gasteiger partial charge in [0.25, 0.3) is 0 Å². The maximum atomic E-state index is 12.7. The van der Waals surface area contributed by atoms with Crippen LogP contribution in [0.2, 0.25) is 0 Å². The minimum atomic E-state index is -4.38. The molecule has 0 saturated carbocycles. The molecule has 9 nitrogen and oxygen atoms in total. The van der Waals surface area contributed by atoms with Gasteiger partial charge in [-0.3, -0.25) is 18.6 Å². The number of hydrogen-bond acceptors (Lipinski definition) is 7. The number of quaternary nitrogens is 1. The maximum Gasteiger partial charge on any atom is 0.472 e. The van der Waals surface area contributed by atoms with E-state index in [1.54, 1.807) is 0 Å². The molecule has 0 aliphatic carbocycles. The van der Waals surface area contributed by atoms with Crippen LogP contribution in [0.4, 0.5) is 0 Å². The van der Waals surface area contributed by atoms with Crippen molar-refractivity contribution in [2.24, 2.45) is 0 Å². The number of allylic oxidation sites excluding steroid dienone is 4. The molecule has 0 fully saturated rings. The molecule has 0 rings (SSSR count). The Morgan fingerprint density at radius 3 is 1.33 bits per heavy atom. The largest absolute Gasteiger partial charge is 0.472 e. The van der Waals surface area contributed by atoms with Crippen molar-refractivity contribution >= 4 is 19.8 Å². The summed E-state index contributed by atoms with van der Waals surface area (Å²) in [5, 5.41) is 0. The monoisotopic (exact) mass is 885 g/mol. The zero-order valence-electron chi connectivity index (χ0n) is 40.7. The van der Waals surface area contributed by atoms with Crippen LogP contribution in [0.3, 0.4) is 0 Å². The first-order valence-electron chi connectivity index (χ1n) is 25.6. The summed E-state index contributed by atoms with van der Waals surface area (Å²) in [5.74, 6) is -0.791. The zero-order chi connectivity index (χ0) is 45.0. The summed E-state index contributed by atoms with van der Waals surface area (Å²) in [6, 6.07) is 0. The number of carbonyl (C=O) groups excluding carboxylic acids is 2. The first-order valence-corrected chi connectivity index (χ1v) is 27.1. The van der Waals surface area contributed by atoms with Crippen molar-refractivity contribution in [1.82, 2.24) is 0 Å². The van der Waals surface area contributed by atoms with E-state index >= 15 is 0 Å². The third-order valence-electron chi connectivity index (χ3n) is 11.2. The van der Waals surface area contributed by atoms with E-state index in [1.165, 1.54) is 161 Å². The minimum absolute atomic E-state index is 0.0330. The third-order valence-corrected chi connectivity index (χ3v) is 12.2. The summed E-state index contributed by atoms with van der Waals surface area (Å²) < 4.78 is 34.5. The molecule has 0 heterocycles. The average molecular weight is 885 g/mol. The van der Waals surface area contributed by atoms with Crippen molar-refractivity contribution in [3.05, 3.63) is 24.3 Å². The molecule has 2 atom stereocenters. The molecule has 10 heteroatoms. The molecule has 61 heavy (non-hydrogen) atoms. The highest BCUT2D eigenvalue weighted by atomic mass is 31.2. The highest BCUT2D eigenvalue weighted by Gasteiger charge is 2.27. The summed E-state index contributed by atoms with van der Waals surface area (Å²) >= 11 is 0. The van der Waals surface area contributed by atoms with E-state index in [-0.39, 0.29) is 25.6 Å². The molecule has 0 saturated heterocycles. The summed E-state index contributed by atoms with van der Waals surface area (Å²) in [4.78, 5) is 35.5. The molecule has 2 unspecified atom stereocenters. The standard InChI is InChI=1S/C51H98NO8P/c1-6-8-10-12-14-16-18-20-22-24-26-28-30-32-34-36-38-40-42-44-51(54)60-49(48-59-61(55,56)58-46-45-52(3,4)5)47-57-50(53)43-41-39-37-35-33-31-29-27-25-23-21-19-17-15-13-11-9-7-2/h14,16,20,22,49H,6-13,15,17-19,21,23-48H2,1-5H3/p+1/b16-14-,22-20-. The van der Waals surface area contributed by atoms with Crippen LogP contribution in [0.25, 0.3) is 0 Å². The second-order valence-electron chi connectivity index (χ2n) is 18.6. The van der Waals surface area contributed by atoms with E-state index in [1.807, 2.05) is 21.1 Å². The molecule has 360 valence electrons. The quantitative estimate of drug-likeness (QED) is 0.0212. The molecule has 0 amide bonds. The van der Waals surface area contributed by atoms with Crippen molar-refractivity contribution in [2.45, 2.75) is 245 Å². The fraction of sp³-hybridized carbons (Fsp3) is 0.882. The number of phosphoric acid groups is 1. The van der Waals surface area contributed by atoms with E-state index in [0.717, 1.165) is 44.9 Å². The van der Waals surface area contributed by atoms with Crippen LogP contribution in [0.15, 0.2) is 24.3 Å². The summed E-state index contributed by atoms with van der Waals surface area (Å²) in [6.45, 7) is 4.44. The van der Waals surface area contributed by atoms with Crippen molar-refractivity contribution in [3.63, 3.8) is 0 Å². The number of nitrogens with zero attached hydrogens (tertiary/aromatic N) is 1. The summed E-state index contributed by atoms with van der Waals surface area (Å²) in [6.07, 6.45) is 49.3. The SMILES string of the molecule is CCCCC/C=C\C/C=C\CCCCCCCCCCCC(=O)OC(COC(=O)CCCCCCCCCCCCCCCCCCCC)COP(=O)(O)OCC[N+](C)(C)C. The molecular weight excluding hydrogens is 786 g/mol. The fourth-order valence-corrected chi connectivity index (χ4v) is 7.96. The first-order chi connectivity index (χ1) is 29.5. The predicted octanol–water partition coefficient (Wildman–Crippen LogP) is 15.1. The van der Waals surface area contributed by atoms with E-state index in [9.17, 15) is 19.0 Å². The molecule has 0 aliphatic heterocycles. The second-order valence-corrected chi connectivity index (χ2v) is 20.0. The Hall–Kier alpha value is -1.51. The van der Waals surface area contributed by atoms with Crippen LogP contribution in [-0.4, -0.2) is 74.9 Å². The van der Waals surface area contributed by atoms with Crippen molar-refractivity contribution in [3.8, 4) is 0 Å². The number of esters is 2. The Morgan fingerprint density at radius 2 is 0.885 bits per heavy atom. The number of hydrogen-bond donors (Lipinski definition) is 1. The lowest BCUT2D eigenvalue weighted by atomic mass is 10.0. The third kappa shape index (κ3) is 47.8. The molecule has 0 aromatic heterocycles. The Morgan fingerprint density at radius 1 is 0.508 bits per heavy atom. The lowest BCUT2D eigenvalue weighted by molar-refractivity contribution is -0.870. The smallest absolute Gasteiger partial charge is 0.462 e. The van der Waals surface area contributed by atoms with E-state index in [2.05, 4.69) is 38.2 Å². The molecular formula is C51H99NO8P+. The van der Waals surface area contributed by atoms with Crippen LogP contribution in [0, 0.1) is 0 Å². The Labute approximate surface area is 377 Å². The Balaban J connectivity index is 4.24. The van der Waals surface area contributed by atoms with Gasteiger partial charge in [0.2, 0.25) is 0 Å². The second kappa shape index (κ2) is 43.7. The normalized spacial score (nSPS) is 13.6. The molecule has 1 N–H and O–H groups in total. The molecule has 0 bridgehead atoms. The first kappa shape index (κ1) is 59.5. The van der Waals surface area contributed by atoms with E-state index < -0.39 is 26.5 Å². The van der Waals surface area contributed by atoms with Crippen LogP contribution in [-0.2, 0) is 32.7 Å². The zero-order valence-corrected chi connectivity index (χ0v) is 41.6. The highest BCUT2D eigenvalue weighted by Crippen LogP contribution is 2.43. The molecule has 0 aromatic rings. The summed E-state index contributed by atoms with van der Waals surface area (Å²) in [7, 11) is 1.48. The van der Waals surface area contributed by atoms with Gasteiger partial charge in [0.1, 0.15) is 19.8 Å². The molecule has 0 aliphatic rings. The number of likely N-dealkylation sites (N-methyl/N-ethyl adjacent to an activating group) is 1. The van der Waals surface area contributed by atoms with Gasteiger partial charge in [0.05, 0.1) is 27.7 Å². The van der Waals surface area contributed by atoms with Crippen LogP contribution in [0.5, 0.6) is 0 Å². The lowest BCUT2D eigenvalue weighted by Gasteiger charge is -2.24. The molecule has 0 radical (unpaired) electrons. The molecule has 0 aromatic carbocycles. The summed E-state index contributed by atoms with van der Waals surface area (Å²) in [5.41, 5.74) is 0. The van der Waals surface area contributed by atoms with Crippen molar-refractivity contribution < 1.29 is 42.1 Å². The van der Waals surface area contributed by atoms with Crippen LogP contribution in [0.1, 0.15) is 239 Å². The van der Waals surface area contributed by atoms with E-state index in [0.29, 0.717) is 23.9 Å². The number of phosphoric ester groups is 1. The van der Waals surface area contributed by atoms with Gasteiger partial charge in [-0.1, -0.05) is 205 Å². The molecule has 0 spiro atoms. The number of unbranched alkanes of at least 4 members (excludes halogenated alkanes) is 29. The van der Waals surface area contributed by atoms with Crippen LogP contribution >= 0.6 is 7.82 Å². The van der Waals surface area contributed by atoms with Gasteiger partial charge in [-0.25, -0.2) is 4.57 Å². The van der Waals surface area contributed by atoms with Gasteiger partial charge in [-0.2, -0.15) is 0 Å².